The highest BCUT2D eigenvalue weighted by Crippen LogP contribution is 2.45. The summed E-state index contributed by atoms with van der Waals surface area (Å²) in [6.45, 7) is 13.4. The van der Waals surface area contributed by atoms with Crippen LogP contribution in [-0.4, -0.2) is 68.2 Å². The predicted octanol–water partition coefficient (Wildman–Crippen LogP) is 2.84. The van der Waals surface area contributed by atoms with Crippen LogP contribution in [0.4, 0.5) is 5.82 Å². The summed E-state index contributed by atoms with van der Waals surface area (Å²) in [7, 11) is -2.38. The highest BCUT2D eigenvalue weighted by atomic mass is 28.4. The minimum Gasteiger partial charge on any atom is -0.414 e. The number of nitriles is 1. The van der Waals surface area contributed by atoms with E-state index in [4.69, 9.17) is 24.4 Å². The van der Waals surface area contributed by atoms with Gasteiger partial charge in [-0.3, -0.25) is 4.57 Å². The van der Waals surface area contributed by atoms with Crippen LogP contribution in [0.1, 0.15) is 53.7 Å². The summed E-state index contributed by atoms with van der Waals surface area (Å²) in [5, 5.41) is 20.5. The Balaban J connectivity index is 2.22. The molecule has 1 aliphatic heterocycles. The predicted molar refractivity (Wildman–Crippen MR) is 135 cm³/mol. The van der Waals surface area contributed by atoms with E-state index in [1.807, 2.05) is 13.8 Å². The molecule has 10 nitrogen and oxygen atoms in total. The average Bonchev–Trinajstić information content (AvgIpc) is 3.11. The number of aliphatic hydroxyl groups is 1. The quantitative estimate of drug-likeness (QED) is 0.285. The van der Waals surface area contributed by atoms with Crippen molar-refractivity contribution >= 4 is 14.1 Å². The van der Waals surface area contributed by atoms with Crippen molar-refractivity contribution in [2.24, 2.45) is 5.92 Å². The van der Waals surface area contributed by atoms with Crippen LogP contribution in [-0.2, 0) is 18.6 Å². The van der Waals surface area contributed by atoms with Gasteiger partial charge in [-0.2, -0.15) is 10.2 Å². The Labute approximate surface area is 209 Å². The number of rotatable bonds is 14. The molecule has 1 aromatic rings. The van der Waals surface area contributed by atoms with Crippen LogP contribution in [0.2, 0.25) is 17.1 Å². The van der Waals surface area contributed by atoms with Crippen molar-refractivity contribution in [3.8, 4) is 6.07 Å². The van der Waals surface area contributed by atoms with Gasteiger partial charge < -0.3 is 29.5 Å². The Kier molecular flexibility index (Phi) is 11.3. The zero-order chi connectivity index (χ0) is 26.1. The molecule has 4 atom stereocenters. The maximum atomic E-state index is 12.3. The number of nitrogens with two attached hydrogens (primary N) is 1. The summed E-state index contributed by atoms with van der Waals surface area (Å²) in [5.74, 6) is -0.855. The van der Waals surface area contributed by atoms with Crippen LogP contribution in [0.5, 0.6) is 0 Å². The molecule has 0 unspecified atom stereocenters. The molecule has 11 heteroatoms. The van der Waals surface area contributed by atoms with Crippen molar-refractivity contribution in [2.75, 3.05) is 38.8 Å². The van der Waals surface area contributed by atoms with E-state index >= 15 is 0 Å². The molecule has 1 aliphatic rings. The van der Waals surface area contributed by atoms with Gasteiger partial charge in [-0.25, -0.2) is 4.79 Å². The van der Waals surface area contributed by atoms with Crippen LogP contribution < -0.4 is 11.4 Å². The SMILES string of the molecule is CCOCCC[Si](CCCOCC)(OC[C@H]1O[C@@H](n2ccc(N)nc2=O)[C@@H](C#N)[C@@H]1O)C(C)(C)C. The lowest BCUT2D eigenvalue weighted by Crippen LogP contribution is -2.49. The van der Waals surface area contributed by atoms with Gasteiger partial charge in [-0.05, 0) is 49.9 Å². The van der Waals surface area contributed by atoms with Gasteiger partial charge in [-0.1, -0.05) is 20.8 Å². The number of ether oxygens (including phenoxy) is 3. The number of hydrogen-bond donors (Lipinski definition) is 2. The van der Waals surface area contributed by atoms with E-state index in [0.29, 0.717) is 26.4 Å². The van der Waals surface area contributed by atoms with Gasteiger partial charge in [0.15, 0.2) is 14.5 Å². The van der Waals surface area contributed by atoms with Crippen LogP contribution in [0.25, 0.3) is 0 Å². The monoisotopic (exact) mass is 510 g/mol. The highest BCUT2D eigenvalue weighted by Gasteiger charge is 2.49. The van der Waals surface area contributed by atoms with Crippen molar-refractivity contribution in [1.82, 2.24) is 9.55 Å². The fourth-order valence-electron chi connectivity index (χ4n) is 4.57. The van der Waals surface area contributed by atoms with E-state index in [-0.39, 0.29) is 17.5 Å². The molecule has 0 saturated carbocycles. The summed E-state index contributed by atoms with van der Waals surface area (Å²) in [6, 6.07) is 5.35. The largest absolute Gasteiger partial charge is 0.414 e. The molecular weight excluding hydrogens is 468 g/mol. The molecule has 1 saturated heterocycles. The van der Waals surface area contributed by atoms with Crippen molar-refractivity contribution in [3.05, 3.63) is 22.7 Å². The zero-order valence-corrected chi connectivity index (χ0v) is 22.7. The molecule has 2 heterocycles. The molecular formula is C24H42N4O6Si. The first-order valence-corrected chi connectivity index (χ1v) is 14.8. The second-order valence-electron chi connectivity index (χ2n) is 9.91. The number of anilines is 1. The maximum absolute atomic E-state index is 12.3. The first-order chi connectivity index (χ1) is 16.6. The van der Waals surface area contributed by atoms with E-state index in [1.165, 1.54) is 16.8 Å². The van der Waals surface area contributed by atoms with E-state index < -0.39 is 38.4 Å². The molecule has 3 N–H and O–H groups in total. The van der Waals surface area contributed by atoms with Gasteiger partial charge in [-0.15, -0.1) is 0 Å². The molecule has 1 aromatic heterocycles. The summed E-state index contributed by atoms with van der Waals surface area (Å²) >= 11 is 0. The summed E-state index contributed by atoms with van der Waals surface area (Å²) in [4.78, 5) is 16.1. The number of nitrogen functional groups attached to an aromatic ring is 1. The number of nitrogens with zero attached hydrogens (tertiary/aromatic N) is 3. The summed E-state index contributed by atoms with van der Waals surface area (Å²) in [6.07, 6.45) is 0.387. The second-order valence-corrected chi connectivity index (χ2v) is 14.7. The van der Waals surface area contributed by atoms with Gasteiger partial charge in [0.1, 0.15) is 23.9 Å². The van der Waals surface area contributed by atoms with Gasteiger partial charge >= 0.3 is 5.69 Å². The molecule has 0 spiro atoms. The fourth-order valence-corrected chi connectivity index (χ4v) is 8.95. The van der Waals surface area contributed by atoms with Gasteiger partial charge in [0, 0.05) is 32.6 Å². The summed E-state index contributed by atoms with van der Waals surface area (Å²) < 4.78 is 25.2. The zero-order valence-electron chi connectivity index (χ0n) is 21.7. The maximum Gasteiger partial charge on any atom is 0.351 e. The lowest BCUT2D eigenvalue weighted by Gasteiger charge is -2.43. The Morgan fingerprint density at radius 2 is 1.83 bits per heavy atom. The van der Waals surface area contributed by atoms with Crippen molar-refractivity contribution in [2.45, 2.75) is 83.0 Å². The molecule has 2 rings (SSSR count). The normalized spacial score (nSPS) is 22.9. The molecule has 0 radical (unpaired) electrons. The lowest BCUT2D eigenvalue weighted by molar-refractivity contribution is -0.0450. The molecule has 0 bridgehead atoms. The number of aromatic nitrogens is 2. The molecule has 1 fully saturated rings. The standard InChI is InChI=1S/C24H42N4O6Si/c1-6-31-12-8-14-35(24(3,4)5,15-9-13-32-7-2)33-17-19-21(29)18(16-25)22(34-19)28-11-10-20(26)27-23(28)30/h10-11,18-19,21-22,29H,6-9,12-15,17H2,1-5H3,(H2,26,27,30)/t18-,19+,21-,22+/m0/s1. The second kappa shape index (κ2) is 13.5. The number of aliphatic hydroxyl groups excluding tert-OH is 1. The molecule has 0 aromatic carbocycles. The van der Waals surface area contributed by atoms with Crippen molar-refractivity contribution in [3.63, 3.8) is 0 Å². The average molecular weight is 511 g/mol. The van der Waals surface area contributed by atoms with Crippen LogP contribution >= 0.6 is 0 Å². The third-order valence-electron chi connectivity index (χ3n) is 6.68. The number of hydrogen-bond acceptors (Lipinski definition) is 9. The lowest BCUT2D eigenvalue weighted by atomic mass is 10.0. The van der Waals surface area contributed by atoms with Gasteiger partial charge in [0.2, 0.25) is 0 Å². The Bertz CT molecular complexity index is 872. The van der Waals surface area contributed by atoms with Crippen molar-refractivity contribution < 1.29 is 23.7 Å². The smallest absolute Gasteiger partial charge is 0.351 e. The first kappa shape index (κ1) is 29.4. The van der Waals surface area contributed by atoms with E-state index in [0.717, 1.165) is 24.9 Å². The molecule has 198 valence electrons. The van der Waals surface area contributed by atoms with E-state index in [2.05, 4.69) is 31.8 Å². The Morgan fingerprint density at radius 1 is 1.23 bits per heavy atom. The third kappa shape index (κ3) is 7.58. The summed E-state index contributed by atoms with van der Waals surface area (Å²) in [5.41, 5.74) is 4.96. The minimum absolute atomic E-state index is 0.0817. The van der Waals surface area contributed by atoms with Crippen LogP contribution in [0, 0.1) is 17.2 Å². The minimum atomic E-state index is -2.38. The highest BCUT2D eigenvalue weighted by molar-refractivity contribution is 6.76. The Morgan fingerprint density at radius 3 is 2.31 bits per heavy atom. The van der Waals surface area contributed by atoms with Crippen LogP contribution in [0.3, 0.4) is 0 Å². The first-order valence-electron chi connectivity index (χ1n) is 12.5. The fraction of sp³-hybridized carbons (Fsp3) is 0.792. The van der Waals surface area contributed by atoms with Gasteiger partial charge in [0.05, 0.1) is 12.7 Å². The van der Waals surface area contributed by atoms with Crippen molar-refractivity contribution in [1.29, 1.82) is 5.26 Å². The Hall–Kier alpha value is -1.81. The van der Waals surface area contributed by atoms with E-state index in [1.54, 1.807) is 0 Å². The molecule has 0 amide bonds. The topological polar surface area (TPSA) is 142 Å². The molecule has 0 aliphatic carbocycles. The van der Waals surface area contributed by atoms with E-state index in [9.17, 15) is 15.2 Å². The van der Waals surface area contributed by atoms with Crippen LogP contribution in [0.15, 0.2) is 17.1 Å². The third-order valence-corrected chi connectivity index (χ3v) is 12.5. The molecule has 35 heavy (non-hydrogen) atoms. The van der Waals surface area contributed by atoms with Gasteiger partial charge in [0.25, 0.3) is 0 Å².